The summed E-state index contributed by atoms with van der Waals surface area (Å²) in [5.41, 5.74) is 3.63. The molecule has 0 aromatic heterocycles. The summed E-state index contributed by atoms with van der Waals surface area (Å²) in [6.45, 7) is 4.74. The Bertz CT molecular complexity index is 311. The third-order valence-corrected chi connectivity index (χ3v) is 9.76. The van der Waals surface area contributed by atoms with Crippen LogP contribution >= 0.6 is 11.8 Å². The van der Waals surface area contributed by atoms with Gasteiger partial charge in [0.1, 0.15) is 8.07 Å². The molecule has 128 valence electrons. The maximum Gasteiger partial charge on any atom is 0.135 e. The third-order valence-electron chi connectivity index (χ3n) is 4.79. The molecule has 0 unspecified atom stereocenters. The smallest absolute Gasteiger partial charge is 0.135 e. The van der Waals surface area contributed by atoms with E-state index in [1.807, 2.05) is 0 Å². The highest BCUT2D eigenvalue weighted by Gasteiger charge is 2.32. The van der Waals surface area contributed by atoms with E-state index in [1.165, 1.54) is 94.2 Å². The van der Waals surface area contributed by atoms with Gasteiger partial charge in [-0.2, -0.15) is 11.8 Å². The van der Waals surface area contributed by atoms with Gasteiger partial charge in [0.2, 0.25) is 0 Å². The summed E-state index contributed by atoms with van der Waals surface area (Å²) >= 11 is 2.13. The van der Waals surface area contributed by atoms with Crippen LogP contribution in [0.3, 0.4) is 0 Å². The second-order valence-corrected chi connectivity index (χ2v) is 12.9. The van der Waals surface area contributed by atoms with E-state index in [1.54, 1.807) is 0 Å². The number of unbranched alkanes of at least 4 members (excludes halogenated alkanes) is 9. The second kappa shape index (κ2) is 13.6. The average Bonchev–Trinajstić information content (AvgIpc) is 2.49. The van der Waals surface area contributed by atoms with Crippen LogP contribution in [0, 0.1) is 11.5 Å². The van der Waals surface area contributed by atoms with Crippen LogP contribution in [0.2, 0.25) is 18.6 Å². The van der Waals surface area contributed by atoms with Gasteiger partial charge in [0.25, 0.3) is 0 Å². The molecule has 1 heterocycles. The molecule has 0 aliphatic carbocycles. The fourth-order valence-electron chi connectivity index (χ4n) is 3.01. The number of thioether (sulfide) groups is 1. The zero-order valence-corrected chi connectivity index (χ0v) is 17.0. The van der Waals surface area contributed by atoms with Crippen LogP contribution in [0.25, 0.3) is 0 Å². The van der Waals surface area contributed by atoms with Gasteiger partial charge in [-0.1, -0.05) is 64.8 Å². The minimum absolute atomic E-state index is 0.964. The molecule has 0 saturated carbocycles. The highest BCUT2D eigenvalue weighted by atomic mass is 32.2. The van der Waals surface area contributed by atoms with Gasteiger partial charge in [-0.05, 0) is 42.9 Å². The van der Waals surface area contributed by atoms with Crippen LogP contribution in [0.15, 0.2) is 0 Å². The van der Waals surface area contributed by atoms with Crippen molar-refractivity contribution in [3.05, 3.63) is 0 Å². The topological polar surface area (TPSA) is 0 Å². The molecule has 1 aliphatic heterocycles. The Morgan fingerprint density at radius 2 is 1.41 bits per heavy atom. The van der Waals surface area contributed by atoms with Crippen LogP contribution in [-0.4, -0.2) is 19.6 Å². The Morgan fingerprint density at radius 3 is 1.95 bits per heavy atom. The van der Waals surface area contributed by atoms with Crippen LogP contribution in [0.4, 0.5) is 0 Å². The largest absolute Gasteiger partial charge is 0.162 e. The highest BCUT2D eigenvalue weighted by Crippen LogP contribution is 2.31. The van der Waals surface area contributed by atoms with E-state index in [0.29, 0.717) is 0 Å². The number of hydrogen-bond donors (Lipinski definition) is 0. The molecule has 0 amide bonds. The SMILES string of the molecule is CCCSCCCCCCCCCCCC#C[Si]1(C)CCC1. The third kappa shape index (κ3) is 10.8. The number of rotatable bonds is 13. The Labute approximate surface area is 145 Å². The van der Waals surface area contributed by atoms with Gasteiger partial charge < -0.3 is 0 Å². The molecule has 0 spiro atoms. The van der Waals surface area contributed by atoms with Gasteiger partial charge in [0, 0.05) is 6.42 Å². The van der Waals surface area contributed by atoms with E-state index < -0.39 is 8.07 Å². The van der Waals surface area contributed by atoms with Crippen LogP contribution < -0.4 is 0 Å². The first-order valence-corrected chi connectivity index (χ1v) is 13.9. The molecule has 0 radical (unpaired) electrons. The predicted molar refractivity (Wildman–Crippen MR) is 107 cm³/mol. The lowest BCUT2D eigenvalue weighted by atomic mass is 10.1. The standard InChI is InChI=1S/C20H38SSi/c1-3-16-21-17-13-11-9-7-5-4-6-8-10-12-14-18-22(2)19-15-20-22/h3-13,15-17,19-20H2,1-2H3. The van der Waals surface area contributed by atoms with Crippen molar-refractivity contribution in [1.82, 2.24) is 0 Å². The first-order chi connectivity index (χ1) is 10.8. The molecule has 0 N–H and O–H groups in total. The van der Waals surface area contributed by atoms with Gasteiger partial charge >= 0.3 is 0 Å². The van der Waals surface area contributed by atoms with Crippen molar-refractivity contribution >= 4 is 19.8 Å². The fraction of sp³-hybridized carbons (Fsp3) is 0.900. The van der Waals surface area contributed by atoms with E-state index in [0.717, 1.165) is 6.42 Å². The van der Waals surface area contributed by atoms with Crippen molar-refractivity contribution in [3.8, 4) is 11.5 Å². The molecule has 1 fully saturated rings. The van der Waals surface area contributed by atoms with Gasteiger partial charge in [-0.3, -0.25) is 0 Å². The summed E-state index contributed by atoms with van der Waals surface area (Å²) in [6.07, 6.45) is 16.8. The van der Waals surface area contributed by atoms with Gasteiger partial charge in [0.05, 0.1) is 0 Å². The first-order valence-electron chi connectivity index (χ1n) is 9.85. The summed E-state index contributed by atoms with van der Waals surface area (Å²) in [5.74, 6) is 6.22. The van der Waals surface area contributed by atoms with E-state index in [2.05, 4.69) is 36.7 Å². The van der Waals surface area contributed by atoms with Gasteiger partial charge in [-0.25, -0.2) is 0 Å². The van der Waals surface area contributed by atoms with Gasteiger partial charge in [-0.15, -0.1) is 11.5 Å². The van der Waals surface area contributed by atoms with Crippen molar-refractivity contribution in [2.75, 3.05) is 11.5 Å². The van der Waals surface area contributed by atoms with E-state index >= 15 is 0 Å². The molecule has 1 aliphatic rings. The molecule has 0 nitrogen and oxygen atoms in total. The first kappa shape index (κ1) is 20.2. The molecule has 0 atom stereocenters. The molecule has 1 saturated heterocycles. The maximum absolute atomic E-state index is 3.63. The Kier molecular flexibility index (Phi) is 12.4. The Balaban J connectivity index is 1.73. The molecule has 0 bridgehead atoms. The predicted octanol–water partition coefficient (Wildman–Crippen LogP) is 7.06. The number of hydrogen-bond acceptors (Lipinski definition) is 1. The van der Waals surface area contributed by atoms with Gasteiger partial charge in [0.15, 0.2) is 0 Å². The van der Waals surface area contributed by atoms with Crippen molar-refractivity contribution < 1.29 is 0 Å². The lowest BCUT2D eigenvalue weighted by molar-refractivity contribution is 0.568. The average molecular weight is 339 g/mol. The molecule has 0 aromatic carbocycles. The zero-order chi connectivity index (χ0) is 15.9. The summed E-state index contributed by atoms with van der Waals surface area (Å²) in [7, 11) is -0.964. The zero-order valence-electron chi connectivity index (χ0n) is 15.2. The monoisotopic (exact) mass is 338 g/mol. The van der Waals surface area contributed by atoms with Crippen molar-refractivity contribution in [3.63, 3.8) is 0 Å². The Morgan fingerprint density at radius 1 is 0.818 bits per heavy atom. The summed E-state index contributed by atoms with van der Waals surface area (Å²) < 4.78 is 0. The van der Waals surface area contributed by atoms with E-state index in [9.17, 15) is 0 Å². The normalized spacial score (nSPS) is 15.9. The summed E-state index contributed by atoms with van der Waals surface area (Å²) in [4.78, 5) is 0. The minimum atomic E-state index is -0.964. The molecule has 22 heavy (non-hydrogen) atoms. The summed E-state index contributed by atoms with van der Waals surface area (Å²) in [6, 6.07) is 2.94. The van der Waals surface area contributed by atoms with Crippen molar-refractivity contribution in [2.24, 2.45) is 0 Å². The molecule has 1 rings (SSSR count). The fourth-order valence-corrected chi connectivity index (χ4v) is 6.13. The summed E-state index contributed by atoms with van der Waals surface area (Å²) in [5, 5.41) is 0. The Hall–Kier alpha value is 0.127. The quantitative estimate of drug-likeness (QED) is 0.197. The lowest BCUT2D eigenvalue weighted by Crippen LogP contribution is -2.36. The maximum atomic E-state index is 3.63. The van der Waals surface area contributed by atoms with E-state index in [4.69, 9.17) is 0 Å². The highest BCUT2D eigenvalue weighted by molar-refractivity contribution is 7.99. The van der Waals surface area contributed by atoms with Crippen LogP contribution in [0.1, 0.15) is 84.0 Å². The molecule has 2 heteroatoms. The van der Waals surface area contributed by atoms with Crippen molar-refractivity contribution in [2.45, 2.75) is 103 Å². The second-order valence-electron chi connectivity index (χ2n) is 7.26. The molecular weight excluding hydrogens is 300 g/mol. The molecule has 0 aromatic rings. The minimum Gasteiger partial charge on any atom is -0.162 e. The molecular formula is C20H38SSi. The lowest BCUT2D eigenvalue weighted by Gasteiger charge is -2.30. The van der Waals surface area contributed by atoms with Crippen molar-refractivity contribution in [1.29, 1.82) is 0 Å². The van der Waals surface area contributed by atoms with Crippen LogP contribution in [0.5, 0.6) is 0 Å². The van der Waals surface area contributed by atoms with Crippen LogP contribution in [-0.2, 0) is 0 Å². The van der Waals surface area contributed by atoms with E-state index in [-0.39, 0.29) is 0 Å².